The standard InChI is InChI=1S/C25H31N3O5/c1-33-20-10-8-19(9-11-20)28-22-12-7-18(6-4-2-3-5-14-26)16-21(22)25(32)27(17-23(28)29)15-13-24(30)31/h7-12,16H,2-6,13-15,17,26H2,1H3,(H,30,31). The fraction of sp³-hybridized carbons (Fsp3) is 0.400. The number of hydrogen-bond acceptors (Lipinski definition) is 5. The third-order valence-corrected chi connectivity index (χ3v) is 5.74. The van der Waals surface area contributed by atoms with Crippen LogP contribution < -0.4 is 15.4 Å². The van der Waals surface area contributed by atoms with E-state index in [0.717, 1.165) is 37.7 Å². The zero-order valence-electron chi connectivity index (χ0n) is 19.0. The second kappa shape index (κ2) is 11.5. The predicted molar refractivity (Wildman–Crippen MR) is 126 cm³/mol. The van der Waals surface area contributed by atoms with Crippen LogP contribution in [0.25, 0.3) is 0 Å². The van der Waals surface area contributed by atoms with Gasteiger partial charge in [0.15, 0.2) is 0 Å². The fourth-order valence-corrected chi connectivity index (χ4v) is 3.97. The van der Waals surface area contributed by atoms with E-state index in [4.69, 9.17) is 15.6 Å². The van der Waals surface area contributed by atoms with Crippen LogP contribution in [0, 0.1) is 0 Å². The number of aryl methyl sites for hydroxylation is 1. The SMILES string of the molecule is COc1ccc(N2C(=O)CN(CCC(=O)O)C(=O)c3cc(CCCCCCN)ccc32)cc1. The minimum Gasteiger partial charge on any atom is -0.497 e. The average molecular weight is 454 g/mol. The van der Waals surface area contributed by atoms with Crippen molar-refractivity contribution >= 4 is 29.2 Å². The lowest BCUT2D eigenvalue weighted by Gasteiger charge is -2.23. The Morgan fingerprint density at radius 1 is 1.06 bits per heavy atom. The minimum atomic E-state index is -1.02. The molecule has 0 aromatic heterocycles. The van der Waals surface area contributed by atoms with Gasteiger partial charge in [0, 0.05) is 12.2 Å². The summed E-state index contributed by atoms with van der Waals surface area (Å²) >= 11 is 0. The molecule has 2 aromatic rings. The van der Waals surface area contributed by atoms with Crippen molar-refractivity contribution < 1.29 is 24.2 Å². The Kier molecular flexibility index (Phi) is 8.43. The molecule has 33 heavy (non-hydrogen) atoms. The second-order valence-corrected chi connectivity index (χ2v) is 8.10. The van der Waals surface area contributed by atoms with E-state index in [-0.39, 0.29) is 31.3 Å². The number of methoxy groups -OCH3 is 1. The molecular weight excluding hydrogens is 422 g/mol. The molecule has 3 rings (SSSR count). The van der Waals surface area contributed by atoms with Crippen molar-refractivity contribution in [2.24, 2.45) is 5.73 Å². The van der Waals surface area contributed by atoms with Crippen LogP contribution >= 0.6 is 0 Å². The molecule has 176 valence electrons. The summed E-state index contributed by atoms with van der Waals surface area (Å²) in [4.78, 5) is 40.5. The molecule has 2 amide bonds. The highest BCUT2D eigenvalue weighted by molar-refractivity contribution is 6.13. The van der Waals surface area contributed by atoms with Crippen molar-refractivity contribution in [1.82, 2.24) is 4.90 Å². The smallest absolute Gasteiger partial charge is 0.305 e. The van der Waals surface area contributed by atoms with E-state index < -0.39 is 5.97 Å². The van der Waals surface area contributed by atoms with E-state index in [1.54, 1.807) is 31.4 Å². The van der Waals surface area contributed by atoms with Gasteiger partial charge in [-0.25, -0.2) is 0 Å². The molecule has 0 spiro atoms. The van der Waals surface area contributed by atoms with Gasteiger partial charge in [-0.2, -0.15) is 0 Å². The first-order valence-electron chi connectivity index (χ1n) is 11.3. The fourth-order valence-electron chi connectivity index (χ4n) is 3.97. The van der Waals surface area contributed by atoms with Gasteiger partial charge >= 0.3 is 5.97 Å². The highest BCUT2D eigenvalue weighted by atomic mass is 16.5. The van der Waals surface area contributed by atoms with Gasteiger partial charge in [-0.05, 0) is 67.8 Å². The molecule has 0 unspecified atom stereocenters. The number of benzene rings is 2. The zero-order chi connectivity index (χ0) is 23.8. The molecule has 0 bridgehead atoms. The first-order chi connectivity index (χ1) is 15.9. The van der Waals surface area contributed by atoms with E-state index in [0.29, 0.717) is 29.2 Å². The first kappa shape index (κ1) is 24.3. The first-order valence-corrected chi connectivity index (χ1v) is 11.3. The lowest BCUT2D eigenvalue weighted by atomic mass is 10.0. The van der Waals surface area contributed by atoms with Gasteiger partial charge in [0.1, 0.15) is 12.3 Å². The molecule has 0 aliphatic carbocycles. The van der Waals surface area contributed by atoms with Crippen LogP contribution in [0.15, 0.2) is 42.5 Å². The molecule has 8 nitrogen and oxygen atoms in total. The predicted octanol–water partition coefficient (Wildman–Crippen LogP) is 3.35. The van der Waals surface area contributed by atoms with Gasteiger partial charge in [-0.1, -0.05) is 18.9 Å². The molecule has 8 heteroatoms. The van der Waals surface area contributed by atoms with Crippen LogP contribution in [-0.2, 0) is 16.0 Å². The number of aliphatic carboxylic acids is 1. The van der Waals surface area contributed by atoms with E-state index in [1.807, 2.05) is 18.2 Å². The van der Waals surface area contributed by atoms with Gasteiger partial charge in [-0.3, -0.25) is 19.3 Å². The number of nitrogens with zero attached hydrogens (tertiary/aromatic N) is 2. The Morgan fingerprint density at radius 2 is 1.79 bits per heavy atom. The number of hydrogen-bond donors (Lipinski definition) is 2. The monoisotopic (exact) mass is 453 g/mol. The minimum absolute atomic E-state index is 0.0287. The van der Waals surface area contributed by atoms with Crippen molar-refractivity contribution in [2.45, 2.75) is 38.5 Å². The maximum Gasteiger partial charge on any atom is 0.305 e. The number of amides is 2. The number of carbonyl (C=O) groups excluding carboxylic acids is 2. The third kappa shape index (κ3) is 6.10. The molecule has 1 aliphatic heterocycles. The zero-order valence-corrected chi connectivity index (χ0v) is 19.0. The summed E-state index contributed by atoms with van der Waals surface area (Å²) in [7, 11) is 1.57. The number of carboxylic acid groups (broad SMARTS) is 1. The lowest BCUT2D eigenvalue weighted by molar-refractivity contribution is -0.137. The summed E-state index contributed by atoms with van der Waals surface area (Å²) in [5.41, 5.74) is 8.09. The number of carbonyl (C=O) groups is 3. The number of ether oxygens (including phenoxy) is 1. The van der Waals surface area contributed by atoms with Crippen LogP contribution in [0.1, 0.15) is 48.0 Å². The normalized spacial score (nSPS) is 13.6. The number of nitrogens with two attached hydrogens (primary N) is 1. The molecule has 1 heterocycles. The molecular formula is C25H31N3O5. The molecule has 0 saturated carbocycles. The van der Waals surface area contributed by atoms with Gasteiger partial charge in [-0.15, -0.1) is 0 Å². The third-order valence-electron chi connectivity index (χ3n) is 5.74. The molecule has 0 saturated heterocycles. The van der Waals surface area contributed by atoms with Crippen molar-refractivity contribution in [3.8, 4) is 5.75 Å². The topological polar surface area (TPSA) is 113 Å². The number of unbranched alkanes of at least 4 members (excludes halogenated alkanes) is 3. The largest absolute Gasteiger partial charge is 0.497 e. The highest BCUT2D eigenvalue weighted by Gasteiger charge is 2.32. The number of anilines is 2. The van der Waals surface area contributed by atoms with E-state index in [1.165, 1.54) is 9.80 Å². The second-order valence-electron chi connectivity index (χ2n) is 8.10. The molecule has 2 aromatic carbocycles. The van der Waals surface area contributed by atoms with Crippen LogP contribution in [0.3, 0.4) is 0 Å². The molecule has 0 fully saturated rings. The Balaban J connectivity index is 1.95. The quantitative estimate of drug-likeness (QED) is 0.505. The maximum absolute atomic E-state index is 13.4. The Morgan fingerprint density at radius 3 is 2.45 bits per heavy atom. The number of fused-ring (bicyclic) bond motifs is 1. The van der Waals surface area contributed by atoms with Gasteiger partial charge in [0.05, 0.1) is 24.8 Å². The molecule has 3 N–H and O–H groups in total. The maximum atomic E-state index is 13.4. The van der Waals surface area contributed by atoms with Crippen LogP contribution in [-0.4, -0.2) is 54.5 Å². The van der Waals surface area contributed by atoms with Crippen LogP contribution in [0.5, 0.6) is 5.75 Å². The van der Waals surface area contributed by atoms with Gasteiger partial charge < -0.3 is 20.5 Å². The van der Waals surface area contributed by atoms with Crippen molar-refractivity contribution in [3.05, 3.63) is 53.6 Å². The van der Waals surface area contributed by atoms with E-state index in [9.17, 15) is 14.4 Å². The number of carboxylic acids is 1. The summed E-state index contributed by atoms with van der Waals surface area (Å²) in [5, 5.41) is 9.09. The van der Waals surface area contributed by atoms with Gasteiger partial charge in [0.2, 0.25) is 0 Å². The van der Waals surface area contributed by atoms with Crippen molar-refractivity contribution in [1.29, 1.82) is 0 Å². The Labute approximate surface area is 193 Å². The summed E-state index contributed by atoms with van der Waals surface area (Å²) in [6.07, 6.45) is 4.71. The highest BCUT2D eigenvalue weighted by Crippen LogP contribution is 2.34. The average Bonchev–Trinajstić information content (AvgIpc) is 2.91. The van der Waals surface area contributed by atoms with Crippen LogP contribution in [0.4, 0.5) is 11.4 Å². The Hall–Kier alpha value is -3.39. The molecule has 1 aliphatic rings. The lowest BCUT2D eigenvalue weighted by Crippen LogP contribution is -2.38. The summed E-state index contributed by atoms with van der Waals surface area (Å²) in [6, 6.07) is 12.6. The van der Waals surface area contributed by atoms with Crippen LogP contribution in [0.2, 0.25) is 0 Å². The summed E-state index contributed by atoms with van der Waals surface area (Å²) in [5.74, 6) is -0.990. The molecule has 0 radical (unpaired) electrons. The summed E-state index contributed by atoms with van der Waals surface area (Å²) in [6.45, 7) is 0.467. The van der Waals surface area contributed by atoms with Crippen molar-refractivity contribution in [2.75, 3.05) is 31.6 Å². The number of rotatable bonds is 11. The van der Waals surface area contributed by atoms with E-state index in [2.05, 4.69) is 0 Å². The summed E-state index contributed by atoms with van der Waals surface area (Å²) < 4.78 is 5.22. The van der Waals surface area contributed by atoms with Crippen molar-refractivity contribution in [3.63, 3.8) is 0 Å². The van der Waals surface area contributed by atoms with E-state index >= 15 is 0 Å². The molecule has 0 atom stereocenters. The Bertz CT molecular complexity index is 990. The van der Waals surface area contributed by atoms with Gasteiger partial charge in [0.25, 0.3) is 11.8 Å².